The third-order valence-electron chi connectivity index (χ3n) is 4.83. The van der Waals surface area contributed by atoms with Gasteiger partial charge in [-0.05, 0) is 22.9 Å². The molecule has 1 saturated heterocycles. The Labute approximate surface area is 149 Å². The zero-order chi connectivity index (χ0) is 17.0. The van der Waals surface area contributed by atoms with Gasteiger partial charge in [-0.3, -0.25) is 0 Å². The van der Waals surface area contributed by atoms with Crippen molar-refractivity contribution in [3.63, 3.8) is 0 Å². The molecule has 4 nitrogen and oxygen atoms in total. The van der Waals surface area contributed by atoms with Gasteiger partial charge >= 0.3 is 0 Å². The highest BCUT2D eigenvalue weighted by molar-refractivity contribution is 4.50. The van der Waals surface area contributed by atoms with E-state index in [1.165, 1.54) is 103 Å². The largest absolute Gasteiger partial charge is 0.204 e. The van der Waals surface area contributed by atoms with Crippen LogP contribution in [-0.4, -0.2) is 13.2 Å². The Morgan fingerprint density at radius 2 is 0.458 bits per heavy atom. The molecule has 0 radical (unpaired) electrons. The topological polar surface area (TPSA) is 36.9 Å². The summed E-state index contributed by atoms with van der Waals surface area (Å²) in [7, 11) is 0. The van der Waals surface area contributed by atoms with Crippen molar-refractivity contribution in [2.45, 2.75) is 116 Å². The number of hydrogen-bond donors (Lipinski definition) is 0. The molecule has 144 valence electrons. The minimum atomic E-state index is 0.573. The summed E-state index contributed by atoms with van der Waals surface area (Å²) in [5.41, 5.74) is 0. The molecule has 0 aromatic heterocycles. The molecule has 0 unspecified atom stereocenters. The summed E-state index contributed by atoms with van der Waals surface area (Å²) in [5.74, 6) is 0. The maximum Gasteiger partial charge on any atom is 0.0854 e. The lowest BCUT2D eigenvalue weighted by molar-refractivity contribution is -0.634. The molecule has 4 heteroatoms. The Balaban J connectivity index is 2.00. The van der Waals surface area contributed by atoms with Crippen molar-refractivity contribution in [3.05, 3.63) is 0 Å². The van der Waals surface area contributed by atoms with Crippen molar-refractivity contribution in [1.29, 1.82) is 0 Å². The lowest BCUT2D eigenvalue weighted by Gasteiger charge is -2.05. The molecule has 0 aromatic rings. The lowest BCUT2D eigenvalue weighted by Crippen LogP contribution is -2.01. The fourth-order valence-corrected chi connectivity index (χ4v) is 3.26. The molecule has 1 heterocycles. The molecule has 24 heavy (non-hydrogen) atoms. The molecular weight excluding hydrogens is 304 g/mol. The first kappa shape index (κ1) is 21.9. The molecule has 0 aliphatic carbocycles. The molecule has 1 aliphatic heterocycles. The van der Waals surface area contributed by atoms with E-state index in [4.69, 9.17) is 9.78 Å². The molecule has 0 atom stereocenters. The molecule has 0 N–H and O–H groups in total. The van der Waals surface area contributed by atoms with Gasteiger partial charge in [0.25, 0.3) is 0 Å². The predicted octanol–water partition coefficient (Wildman–Crippen LogP) is 6.83. The molecular formula is C20H40O4. The Morgan fingerprint density at radius 1 is 0.250 bits per heavy atom. The van der Waals surface area contributed by atoms with Gasteiger partial charge in [0, 0.05) is 0 Å². The molecule has 0 saturated carbocycles. The molecule has 0 amide bonds. The second kappa shape index (κ2) is 19.2. The van der Waals surface area contributed by atoms with Gasteiger partial charge in [-0.1, -0.05) is 103 Å². The Kier molecular flexibility index (Phi) is 17.5. The van der Waals surface area contributed by atoms with Gasteiger partial charge in [0.1, 0.15) is 0 Å². The van der Waals surface area contributed by atoms with Crippen LogP contribution in [0.15, 0.2) is 0 Å². The Hall–Kier alpha value is -0.160. The summed E-state index contributed by atoms with van der Waals surface area (Å²) < 4.78 is 0. The normalized spacial score (nSPS) is 24.0. The van der Waals surface area contributed by atoms with Crippen molar-refractivity contribution in [2.75, 3.05) is 13.2 Å². The summed E-state index contributed by atoms with van der Waals surface area (Å²) in [6, 6.07) is 0. The summed E-state index contributed by atoms with van der Waals surface area (Å²) in [4.78, 5) is 9.85. The molecule has 0 spiro atoms. The van der Waals surface area contributed by atoms with Crippen LogP contribution in [0.1, 0.15) is 116 Å². The van der Waals surface area contributed by atoms with Gasteiger partial charge < -0.3 is 0 Å². The Morgan fingerprint density at radius 3 is 0.708 bits per heavy atom. The number of hydrogen-bond acceptors (Lipinski definition) is 4. The van der Waals surface area contributed by atoms with Crippen LogP contribution in [0.3, 0.4) is 0 Å². The third-order valence-corrected chi connectivity index (χ3v) is 4.83. The molecule has 1 aliphatic rings. The van der Waals surface area contributed by atoms with Gasteiger partial charge in [0.05, 0.1) is 13.2 Å². The van der Waals surface area contributed by atoms with Gasteiger partial charge in [0.15, 0.2) is 0 Å². The van der Waals surface area contributed by atoms with Gasteiger partial charge in [-0.15, -0.1) is 0 Å². The average molecular weight is 345 g/mol. The van der Waals surface area contributed by atoms with Crippen LogP contribution >= 0.6 is 0 Å². The lowest BCUT2D eigenvalue weighted by atomic mass is 10.0. The monoisotopic (exact) mass is 344 g/mol. The molecule has 0 bridgehead atoms. The summed E-state index contributed by atoms with van der Waals surface area (Å²) in [6.07, 6.45) is 23.9. The second-order valence-corrected chi connectivity index (χ2v) is 7.14. The SMILES string of the molecule is C1CCCCCCCCCCOOOOCCCCCCCCC1. The summed E-state index contributed by atoms with van der Waals surface area (Å²) in [5, 5.41) is 9.10. The maximum absolute atomic E-state index is 4.92. The van der Waals surface area contributed by atoms with E-state index in [2.05, 4.69) is 10.1 Å². The van der Waals surface area contributed by atoms with E-state index in [1.807, 2.05) is 0 Å². The zero-order valence-electron chi connectivity index (χ0n) is 15.8. The van der Waals surface area contributed by atoms with E-state index < -0.39 is 0 Å². The van der Waals surface area contributed by atoms with Crippen LogP contribution in [0, 0.1) is 0 Å². The van der Waals surface area contributed by atoms with E-state index in [9.17, 15) is 0 Å². The van der Waals surface area contributed by atoms with Crippen molar-refractivity contribution >= 4 is 0 Å². The molecule has 1 rings (SSSR count). The quantitative estimate of drug-likeness (QED) is 0.451. The molecule has 1 fully saturated rings. The van der Waals surface area contributed by atoms with Crippen LogP contribution in [0.5, 0.6) is 0 Å². The fraction of sp³-hybridized carbons (Fsp3) is 1.00. The average Bonchev–Trinajstić information content (AvgIpc) is 2.59. The highest BCUT2D eigenvalue weighted by Gasteiger charge is 1.97. The van der Waals surface area contributed by atoms with E-state index in [1.54, 1.807) is 0 Å². The highest BCUT2D eigenvalue weighted by atomic mass is 17.7. The second-order valence-electron chi connectivity index (χ2n) is 7.14. The van der Waals surface area contributed by atoms with Gasteiger partial charge in [-0.25, -0.2) is 9.78 Å². The zero-order valence-corrected chi connectivity index (χ0v) is 15.8. The van der Waals surface area contributed by atoms with E-state index in [0.717, 1.165) is 12.8 Å². The smallest absolute Gasteiger partial charge is 0.0854 e. The Bertz CT molecular complexity index is 126. The summed E-state index contributed by atoms with van der Waals surface area (Å²) >= 11 is 0. The van der Waals surface area contributed by atoms with Crippen LogP contribution in [-0.2, 0) is 19.9 Å². The standard InChI is InChI=1S/C20H40O4/c1-2-4-6-8-10-12-14-16-18-20-22-24-23-21-19-17-15-13-11-9-7-5-3-1/h1-20H2. The predicted molar refractivity (Wildman–Crippen MR) is 97.2 cm³/mol. The fourth-order valence-electron chi connectivity index (χ4n) is 3.26. The van der Waals surface area contributed by atoms with Gasteiger partial charge in [-0.2, -0.15) is 0 Å². The van der Waals surface area contributed by atoms with Crippen molar-refractivity contribution in [2.24, 2.45) is 0 Å². The van der Waals surface area contributed by atoms with Crippen LogP contribution in [0.2, 0.25) is 0 Å². The first-order valence-corrected chi connectivity index (χ1v) is 10.6. The minimum Gasteiger partial charge on any atom is -0.204 e. The molecule has 0 aromatic carbocycles. The van der Waals surface area contributed by atoms with Crippen molar-refractivity contribution < 1.29 is 19.9 Å². The van der Waals surface area contributed by atoms with Gasteiger partial charge in [0.2, 0.25) is 0 Å². The van der Waals surface area contributed by atoms with Crippen LogP contribution in [0.4, 0.5) is 0 Å². The first-order chi connectivity index (χ1) is 12.0. The first-order valence-electron chi connectivity index (χ1n) is 10.6. The third kappa shape index (κ3) is 16.7. The minimum absolute atomic E-state index is 0.573. The van der Waals surface area contributed by atoms with Crippen LogP contribution < -0.4 is 0 Å². The summed E-state index contributed by atoms with van der Waals surface area (Å²) in [6.45, 7) is 1.15. The van der Waals surface area contributed by atoms with E-state index >= 15 is 0 Å². The van der Waals surface area contributed by atoms with E-state index in [0.29, 0.717) is 13.2 Å². The van der Waals surface area contributed by atoms with Crippen molar-refractivity contribution in [3.8, 4) is 0 Å². The van der Waals surface area contributed by atoms with E-state index in [-0.39, 0.29) is 0 Å². The van der Waals surface area contributed by atoms with Crippen molar-refractivity contribution in [1.82, 2.24) is 0 Å². The van der Waals surface area contributed by atoms with Crippen LogP contribution in [0.25, 0.3) is 0 Å². The maximum atomic E-state index is 4.92. The highest BCUT2D eigenvalue weighted by Crippen LogP contribution is 2.14. The number of rotatable bonds is 0.